The van der Waals surface area contributed by atoms with Crippen molar-refractivity contribution in [3.63, 3.8) is 0 Å². The van der Waals surface area contributed by atoms with Crippen molar-refractivity contribution in [2.24, 2.45) is 5.10 Å². The number of hydrazone groups is 1. The molecule has 1 aliphatic carbocycles. The molecule has 0 radical (unpaired) electrons. The van der Waals surface area contributed by atoms with Gasteiger partial charge >= 0.3 is 0 Å². The van der Waals surface area contributed by atoms with Crippen molar-refractivity contribution in [3.8, 4) is 5.75 Å². The zero-order valence-corrected chi connectivity index (χ0v) is 12.8. The van der Waals surface area contributed by atoms with E-state index in [1.165, 1.54) is 34.1 Å². The average Bonchev–Trinajstić information content (AvgIpc) is 3.09. The number of benzene rings is 1. The van der Waals surface area contributed by atoms with E-state index in [0.717, 1.165) is 31.4 Å². The van der Waals surface area contributed by atoms with Gasteiger partial charge in [-0.05, 0) is 36.6 Å². The number of nitrogens with zero attached hydrogens (tertiary/aromatic N) is 2. The summed E-state index contributed by atoms with van der Waals surface area (Å²) in [6.07, 6.45) is 4.43. The number of carbonyl (C=O) groups is 1. The van der Waals surface area contributed by atoms with Crippen LogP contribution >= 0.6 is 11.3 Å². The van der Waals surface area contributed by atoms with Crippen LogP contribution in [0.15, 0.2) is 29.4 Å². The lowest BCUT2D eigenvalue weighted by Gasteiger charge is -2.05. The summed E-state index contributed by atoms with van der Waals surface area (Å²) in [5.74, 6) is -0.972. The molecule has 1 heterocycles. The number of amides is 1. The molecule has 118 valence electrons. The summed E-state index contributed by atoms with van der Waals surface area (Å²) in [5.41, 5.74) is 3.47. The third kappa shape index (κ3) is 3.21. The normalized spacial score (nSPS) is 13.2. The molecule has 1 N–H and O–H groups in total. The number of nitro benzene ring substituents is 1. The van der Waals surface area contributed by atoms with Gasteiger partial charge in [-0.1, -0.05) is 12.1 Å². The Bertz CT molecular complexity index is 792. The number of nitro groups is 1. The lowest BCUT2D eigenvalue weighted by atomic mass is 10.2. The predicted octanol–water partition coefficient (Wildman–Crippen LogP) is 1.98. The largest absolute Gasteiger partial charge is 0.868 e. The van der Waals surface area contributed by atoms with Crippen LogP contribution in [0.2, 0.25) is 0 Å². The second kappa shape index (κ2) is 6.17. The summed E-state index contributed by atoms with van der Waals surface area (Å²) in [6.45, 7) is 0. The summed E-state index contributed by atoms with van der Waals surface area (Å²) in [6, 6.07) is 5.52. The van der Waals surface area contributed by atoms with Crippen LogP contribution in [0.5, 0.6) is 5.75 Å². The number of aryl methyl sites for hydroxylation is 2. The molecular weight excluding hydrogens is 318 g/mol. The minimum Gasteiger partial charge on any atom is -0.868 e. The molecule has 0 bridgehead atoms. The molecule has 3 rings (SSSR count). The molecule has 7 nitrogen and oxygen atoms in total. The topological polar surface area (TPSA) is 108 Å². The second-order valence-corrected chi connectivity index (χ2v) is 6.23. The molecule has 0 saturated carbocycles. The molecule has 1 amide bonds. The fourth-order valence-corrected chi connectivity index (χ4v) is 3.56. The van der Waals surface area contributed by atoms with Crippen molar-refractivity contribution in [1.82, 2.24) is 5.43 Å². The van der Waals surface area contributed by atoms with Crippen molar-refractivity contribution >= 4 is 29.1 Å². The molecule has 1 aromatic heterocycles. The summed E-state index contributed by atoms with van der Waals surface area (Å²) in [4.78, 5) is 23.8. The smallest absolute Gasteiger partial charge is 0.281 e. The maximum Gasteiger partial charge on any atom is 0.281 e. The standard InChI is InChI=1S/C15H13N3O4S/c19-12-5-4-9(6-11(12)18(21)22)8-16-17-15(20)14-7-10-2-1-3-13(10)23-14/h4-8,19H,1-3H2,(H,17,20)/p-1/b16-8-. The highest BCUT2D eigenvalue weighted by Crippen LogP contribution is 2.30. The van der Waals surface area contributed by atoms with E-state index in [1.807, 2.05) is 6.07 Å². The van der Waals surface area contributed by atoms with E-state index in [-0.39, 0.29) is 5.91 Å². The summed E-state index contributed by atoms with van der Waals surface area (Å²) >= 11 is 1.47. The first-order valence-electron chi connectivity index (χ1n) is 6.95. The predicted molar refractivity (Wildman–Crippen MR) is 83.9 cm³/mol. The van der Waals surface area contributed by atoms with Gasteiger partial charge in [0.1, 0.15) is 0 Å². The summed E-state index contributed by atoms with van der Waals surface area (Å²) < 4.78 is 0. The first-order valence-corrected chi connectivity index (χ1v) is 7.76. The number of thiophene rings is 1. The van der Waals surface area contributed by atoms with Crippen LogP contribution in [0.4, 0.5) is 5.69 Å². The summed E-state index contributed by atoms with van der Waals surface area (Å²) in [5, 5.41) is 25.8. The number of carbonyl (C=O) groups excluding carboxylic acids is 1. The van der Waals surface area contributed by atoms with Gasteiger partial charge in [-0.3, -0.25) is 14.9 Å². The van der Waals surface area contributed by atoms with E-state index < -0.39 is 16.4 Å². The maximum absolute atomic E-state index is 12.0. The highest BCUT2D eigenvalue weighted by atomic mass is 32.1. The molecule has 2 aromatic rings. The van der Waals surface area contributed by atoms with Gasteiger partial charge in [-0.25, -0.2) is 5.43 Å². The van der Waals surface area contributed by atoms with E-state index in [0.29, 0.717) is 10.4 Å². The zero-order chi connectivity index (χ0) is 16.4. The Morgan fingerprint density at radius 1 is 1.35 bits per heavy atom. The number of hydrogen-bond acceptors (Lipinski definition) is 6. The molecule has 8 heteroatoms. The first kappa shape index (κ1) is 15.2. The number of fused-ring (bicyclic) bond motifs is 1. The van der Waals surface area contributed by atoms with Crippen LogP contribution in [0.1, 0.15) is 32.1 Å². The highest BCUT2D eigenvalue weighted by Gasteiger charge is 2.18. The SMILES string of the molecule is O=C(N/N=C\c1ccc([O-])c([N+](=O)[O-])c1)c1cc2c(s1)CCC2. The van der Waals surface area contributed by atoms with Crippen LogP contribution in [-0.2, 0) is 12.8 Å². The molecule has 0 fully saturated rings. The quantitative estimate of drug-likeness (QED) is 0.525. The van der Waals surface area contributed by atoms with Crippen molar-refractivity contribution in [1.29, 1.82) is 0 Å². The molecule has 0 unspecified atom stereocenters. The van der Waals surface area contributed by atoms with Crippen molar-refractivity contribution < 1.29 is 14.8 Å². The Labute approximate surface area is 135 Å². The third-order valence-corrected chi connectivity index (χ3v) is 4.77. The van der Waals surface area contributed by atoms with Crippen LogP contribution in [0, 0.1) is 10.1 Å². The molecule has 1 aromatic carbocycles. The van der Waals surface area contributed by atoms with Crippen molar-refractivity contribution in [2.75, 3.05) is 0 Å². The maximum atomic E-state index is 12.0. The van der Waals surface area contributed by atoms with E-state index in [1.54, 1.807) is 0 Å². The molecule has 0 saturated heterocycles. The van der Waals surface area contributed by atoms with E-state index in [4.69, 9.17) is 0 Å². The van der Waals surface area contributed by atoms with Gasteiger partial charge in [-0.15, -0.1) is 11.3 Å². The fraction of sp³-hybridized carbons (Fsp3) is 0.200. The van der Waals surface area contributed by atoms with Crippen LogP contribution in [0.25, 0.3) is 0 Å². The molecule has 23 heavy (non-hydrogen) atoms. The average molecular weight is 330 g/mol. The van der Waals surface area contributed by atoms with Crippen LogP contribution < -0.4 is 10.5 Å². The monoisotopic (exact) mass is 330 g/mol. The lowest BCUT2D eigenvalue weighted by molar-refractivity contribution is -0.398. The number of nitrogens with one attached hydrogen (secondary N) is 1. The van der Waals surface area contributed by atoms with E-state index in [9.17, 15) is 20.0 Å². The Morgan fingerprint density at radius 2 is 2.17 bits per heavy atom. The Morgan fingerprint density at radius 3 is 2.91 bits per heavy atom. The molecule has 0 atom stereocenters. The van der Waals surface area contributed by atoms with Gasteiger partial charge < -0.3 is 5.11 Å². The Kier molecular flexibility index (Phi) is 4.07. The van der Waals surface area contributed by atoms with Crippen LogP contribution in [0.3, 0.4) is 0 Å². The van der Waals surface area contributed by atoms with Gasteiger partial charge in [0.05, 0.1) is 16.0 Å². The third-order valence-electron chi connectivity index (χ3n) is 3.53. The minimum absolute atomic E-state index is 0.310. The van der Waals surface area contributed by atoms with Gasteiger partial charge in [0, 0.05) is 16.5 Å². The minimum atomic E-state index is -0.745. The molecular formula is C15H12N3O4S-. The lowest BCUT2D eigenvalue weighted by Crippen LogP contribution is -2.16. The van der Waals surface area contributed by atoms with Crippen LogP contribution in [-0.4, -0.2) is 17.0 Å². The zero-order valence-electron chi connectivity index (χ0n) is 11.9. The van der Waals surface area contributed by atoms with Crippen molar-refractivity contribution in [2.45, 2.75) is 19.3 Å². The van der Waals surface area contributed by atoms with E-state index >= 15 is 0 Å². The first-order chi connectivity index (χ1) is 11.0. The van der Waals surface area contributed by atoms with Crippen molar-refractivity contribution in [3.05, 3.63) is 55.3 Å². The molecule has 1 aliphatic rings. The fourth-order valence-electron chi connectivity index (χ4n) is 2.42. The van der Waals surface area contributed by atoms with Gasteiger partial charge in [0.15, 0.2) is 0 Å². The Balaban J connectivity index is 1.67. The van der Waals surface area contributed by atoms with Gasteiger partial charge in [-0.2, -0.15) is 5.10 Å². The molecule has 0 spiro atoms. The van der Waals surface area contributed by atoms with Gasteiger partial charge in [0.2, 0.25) is 0 Å². The Hall–Kier alpha value is -2.74. The van der Waals surface area contributed by atoms with E-state index in [2.05, 4.69) is 10.5 Å². The van der Waals surface area contributed by atoms with Gasteiger partial charge in [0.25, 0.3) is 11.6 Å². The summed E-state index contributed by atoms with van der Waals surface area (Å²) in [7, 11) is 0. The number of rotatable bonds is 4. The number of hydrogen-bond donors (Lipinski definition) is 1. The molecule has 0 aliphatic heterocycles. The second-order valence-electron chi connectivity index (χ2n) is 5.10. The highest BCUT2D eigenvalue weighted by molar-refractivity contribution is 7.14.